The Morgan fingerprint density at radius 1 is 1.09 bits per heavy atom. The summed E-state index contributed by atoms with van der Waals surface area (Å²) in [4.78, 5) is 11.2. The van der Waals surface area contributed by atoms with E-state index >= 15 is 0 Å². The Hall–Kier alpha value is -2.05. The Balaban J connectivity index is 2.02. The fourth-order valence-electron chi connectivity index (χ4n) is 1.97. The third-order valence-electron chi connectivity index (χ3n) is 3.22. The van der Waals surface area contributed by atoms with Crippen molar-refractivity contribution in [1.82, 2.24) is 4.72 Å². The molecule has 0 aromatic heterocycles. The van der Waals surface area contributed by atoms with Crippen molar-refractivity contribution in [3.8, 4) is 0 Å². The first-order valence-corrected chi connectivity index (χ1v) is 8.22. The zero-order chi connectivity index (χ0) is 16.2. The molecular formula is C16H16FNO3S. The molecule has 0 bridgehead atoms. The molecule has 2 aromatic carbocycles. The first-order valence-electron chi connectivity index (χ1n) is 6.74. The Labute approximate surface area is 129 Å². The number of ketones is 1. The highest BCUT2D eigenvalue weighted by Gasteiger charge is 2.14. The fraction of sp³-hybridized carbons (Fsp3) is 0.188. The van der Waals surface area contributed by atoms with Gasteiger partial charge in [0.2, 0.25) is 10.0 Å². The maximum atomic E-state index is 13.4. The molecule has 4 nitrogen and oxygen atoms in total. The summed E-state index contributed by atoms with van der Waals surface area (Å²) in [5, 5.41) is 0. The third-order valence-corrected chi connectivity index (χ3v) is 4.69. The number of nitrogens with one attached hydrogen (secondary N) is 1. The molecule has 0 radical (unpaired) electrons. The van der Waals surface area contributed by atoms with Crippen LogP contribution in [0, 0.1) is 5.82 Å². The highest BCUT2D eigenvalue weighted by molar-refractivity contribution is 7.89. The Morgan fingerprint density at radius 2 is 1.73 bits per heavy atom. The molecule has 0 spiro atoms. The van der Waals surface area contributed by atoms with Crippen LogP contribution in [0.3, 0.4) is 0 Å². The van der Waals surface area contributed by atoms with Gasteiger partial charge in [0.05, 0.1) is 4.90 Å². The number of Topliss-reactive ketones (excluding diaryl/α,β-unsaturated/α-hetero) is 1. The molecular weight excluding hydrogens is 305 g/mol. The Kier molecular flexibility index (Phi) is 5.05. The minimum absolute atomic E-state index is 0.0750. The van der Waals surface area contributed by atoms with Crippen molar-refractivity contribution >= 4 is 15.8 Å². The minimum Gasteiger partial charge on any atom is -0.295 e. The van der Waals surface area contributed by atoms with Crippen LogP contribution in [0.5, 0.6) is 0 Å². The number of benzene rings is 2. The van der Waals surface area contributed by atoms with Crippen LogP contribution in [0.1, 0.15) is 22.8 Å². The second kappa shape index (κ2) is 6.81. The topological polar surface area (TPSA) is 63.2 Å². The second-order valence-electron chi connectivity index (χ2n) is 4.82. The molecule has 0 atom stereocenters. The van der Waals surface area contributed by atoms with Gasteiger partial charge in [-0.1, -0.05) is 30.3 Å². The number of carbonyl (C=O) groups is 1. The van der Waals surface area contributed by atoms with Gasteiger partial charge in [-0.2, -0.15) is 0 Å². The first-order chi connectivity index (χ1) is 10.4. The van der Waals surface area contributed by atoms with Gasteiger partial charge in [-0.15, -0.1) is 0 Å². The van der Waals surface area contributed by atoms with E-state index < -0.39 is 10.0 Å². The molecule has 0 fully saturated rings. The maximum absolute atomic E-state index is 13.4. The van der Waals surface area contributed by atoms with E-state index in [-0.39, 0.29) is 29.5 Å². The highest BCUT2D eigenvalue weighted by atomic mass is 32.2. The molecule has 6 heteroatoms. The lowest BCUT2D eigenvalue weighted by atomic mass is 10.1. The lowest BCUT2D eigenvalue weighted by Gasteiger charge is -2.08. The highest BCUT2D eigenvalue weighted by Crippen LogP contribution is 2.12. The molecule has 0 saturated carbocycles. The van der Waals surface area contributed by atoms with Crippen LogP contribution in [0.4, 0.5) is 4.39 Å². The van der Waals surface area contributed by atoms with E-state index in [1.165, 1.54) is 37.3 Å². The van der Waals surface area contributed by atoms with E-state index in [4.69, 9.17) is 0 Å². The van der Waals surface area contributed by atoms with Crippen LogP contribution in [-0.2, 0) is 16.4 Å². The van der Waals surface area contributed by atoms with E-state index in [0.717, 1.165) is 0 Å². The normalized spacial score (nSPS) is 11.4. The van der Waals surface area contributed by atoms with Crippen molar-refractivity contribution in [2.45, 2.75) is 18.2 Å². The molecule has 0 aliphatic rings. The summed E-state index contributed by atoms with van der Waals surface area (Å²) in [7, 11) is -3.67. The van der Waals surface area contributed by atoms with Gasteiger partial charge in [0, 0.05) is 12.1 Å². The number of hydrogen-bond acceptors (Lipinski definition) is 3. The Morgan fingerprint density at radius 3 is 2.32 bits per heavy atom. The summed E-state index contributed by atoms with van der Waals surface area (Å²) in [5.41, 5.74) is 0.905. The van der Waals surface area contributed by atoms with Crippen molar-refractivity contribution in [2.24, 2.45) is 0 Å². The molecule has 0 amide bonds. The van der Waals surface area contributed by atoms with Crippen LogP contribution in [-0.4, -0.2) is 20.7 Å². The molecule has 0 aliphatic heterocycles. The van der Waals surface area contributed by atoms with Crippen LogP contribution in [0.15, 0.2) is 53.4 Å². The van der Waals surface area contributed by atoms with Crippen LogP contribution >= 0.6 is 0 Å². The Bertz CT molecular complexity index is 770. The first kappa shape index (κ1) is 16.3. The molecule has 2 rings (SSSR count). The number of halogens is 1. The molecule has 0 heterocycles. The third kappa shape index (κ3) is 3.99. The van der Waals surface area contributed by atoms with E-state index in [1.807, 2.05) is 0 Å². The summed E-state index contributed by atoms with van der Waals surface area (Å²) in [6.07, 6.45) is 0.261. The average molecular weight is 321 g/mol. The summed E-state index contributed by atoms with van der Waals surface area (Å²) in [6, 6.07) is 11.9. The standard InChI is InChI=1S/C16H16FNO3S/c1-12(19)13-6-8-15(9-7-13)22(20,21)18-11-10-14-4-2-3-5-16(14)17/h2-9,18H,10-11H2,1H3. The van der Waals surface area contributed by atoms with Gasteiger partial charge in [-0.3, -0.25) is 4.79 Å². The summed E-state index contributed by atoms with van der Waals surface area (Å²) in [5.74, 6) is -0.482. The lowest BCUT2D eigenvalue weighted by molar-refractivity contribution is 0.101. The average Bonchev–Trinajstić information content (AvgIpc) is 2.49. The van der Waals surface area contributed by atoms with Crippen molar-refractivity contribution in [2.75, 3.05) is 6.54 Å². The molecule has 22 heavy (non-hydrogen) atoms. The summed E-state index contributed by atoms with van der Waals surface area (Å²) in [6.45, 7) is 1.51. The lowest BCUT2D eigenvalue weighted by Crippen LogP contribution is -2.26. The predicted octanol–water partition coefficient (Wildman–Crippen LogP) is 2.55. The van der Waals surface area contributed by atoms with Gasteiger partial charge in [0.15, 0.2) is 5.78 Å². The van der Waals surface area contributed by atoms with E-state index in [9.17, 15) is 17.6 Å². The van der Waals surface area contributed by atoms with E-state index in [0.29, 0.717) is 11.1 Å². The predicted molar refractivity (Wildman–Crippen MR) is 81.7 cm³/mol. The summed E-state index contributed by atoms with van der Waals surface area (Å²) < 4.78 is 40.1. The largest absolute Gasteiger partial charge is 0.295 e. The SMILES string of the molecule is CC(=O)c1ccc(S(=O)(=O)NCCc2ccccc2F)cc1. The smallest absolute Gasteiger partial charge is 0.240 e. The zero-order valence-corrected chi connectivity index (χ0v) is 12.9. The van der Waals surface area contributed by atoms with Crippen molar-refractivity contribution < 1.29 is 17.6 Å². The molecule has 2 aromatic rings. The number of rotatable bonds is 6. The molecule has 0 aliphatic carbocycles. The molecule has 0 unspecified atom stereocenters. The molecule has 0 saturated heterocycles. The van der Waals surface area contributed by atoms with Gasteiger partial charge in [0.1, 0.15) is 5.82 Å². The van der Waals surface area contributed by atoms with Crippen molar-refractivity contribution in [3.63, 3.8) is 0 Å². The monoisotopic (exact) mass is 321 g/mol. The van der Waals surface area contributed by atoms with E-state index in [2.05, 4.69) is 4.72 Å². The van der Waals surface area contributed by atoms with Gasteiger partial charge >= 0.3 is 0 Å². The maximum Gasteiger partial charge on any atom is 0.240 e. The van der Waals surface area contributed by atoms with Gasteiger partial charge in [0.25, 0.3) is 0 Å². The van der Waals surface area contributed by atoms with Crippen LogP contribution in [0.25, 0.3) is 0 Å². The summed E-state index contributed by atoms with van der Waals surface area (Å²) >= 11 is 0. The van der Waals surface area contributed by atoms with Crippen molar-refractivity contribution in [3.05, 3.63) is 65.5 Å². The van der Waals surface area contributed by atoms with Crippen molar-refractivity contribution in [1.29, 1.82) is 0 Å². The minimum atomic E-state index is -3.67. The van der Waals surface area contributed by atoms with Gasteiger partial charge < -0.3 is 0 Å². The number of hydrogen-bond donors (Lipinski definition) is 1. The van der Waals surface area contributed by atoms with Gasteiger partial charge in [-0.05, 0) is 37.1 Å². The van der Waals surface area contributed by atoms with Gasteiger partial charge in [-0.25, -0.2) is 17.5 Å². The second-order valence-corrected chi connectivity index (χ2v) is 6.59. The zero-order valence-electron chi connectivity index (χ0n) is 12.0. The molecule has 1 N–H and O–H groups in total. The molecule has 116 valence electrons. The quantitative estimate of drug-likeness (QED) is 0.832. The van der Waals surface area contributed by atoms with Crippen LogP contribution in [0.2, 0.25) is 0 Å². The fourth-order valence-corrected chi connectivity index (χ4v) is 3.01. The number of carbonyl (C=O) groups excluding carboxylic acids is 1. The van der Waals surface area contributed by atoms with E-state index in [1.54, 1.807) is 18.2 Å². The van der Waals surface area contributed by atoms with Crippen LogP contribution < -0.4 is 4.72 Å². The number of sulfonamides is 1.